The summed E-state index contributed by atoms with van der Waals surface area (Å²) in [6, 6.07) is 12.9. The highest BCUT2D eigenvalue weighted by Gasteiger charge is 2.15. The molecule has 1 unspecified atom stereocenters. The van der Waals surface area contributed by atoms with E-state index in [1.165, 1.54) is 0 Å². The summed E-state index contributed by atoms with van der Waals surface area (Å²) in [5.74, 6) is 3.26. The van der Waals surface area contributed by atoms with Crippen molar-refractivity contribution in [3.8, 4) is 22.9 Å². The lowest BCUT2D eigenvalue weighted by atomic mass is 10.1. The highest BCUT2D eigenvalue weighted by atomic mass is 35.5. The van der Waals surface area contributed by atoms with Crippen LogP contribution in [-0.4, -0.2) is 43.9 Å². The average molecular weight is 444 g/mol. The zero-order chi connectivity index (χ0) is 22.2. The molecule has 9 heteroatoms. The Labute approximate surface area is 186 Å². The van der Waals surface area contributed by atoms with E-state index in [9.17, 15) is 0 Å². The maximum Gasteiger partial charge on any atom is 0.228 e. The number of halogens is 1. The number of methoxy groups -OCH3 is 2. The summed E-state index contributed by atoms with van der Waals surface area (Å²) in [5, 5.41) is 11.3. The standard InChI is InChI=1S/C22H26ClN5O3/c1-14(18-13-17(29-3)9-10-19(18)30-4)26-22(24-2)25-12-11-20-27-21(28-31-20)15-5-7-16(23)8-6-15/h5-10,13-14H,11-12H2,1-4H3,(H2,24,25,26). The minimum absolute atomic E-state index is 0.0591. The average Bonchev–Trinajstić information content (AvgIpc) is 3.27. The van der Waals surface area contributed by atoms with Gasteiger partial charge in [0.2, 0.25) is 11.7 Å². The first kappa shape index (κ1) is 22.4. The molecule has 0 aliphatic carbocycles. The molecule has 164 valence electrons. The van der Waals surface area contributed by atoms with Crippen molar-refractivity contribution in [2.75, 3.05) is 27.8 Å². The van der Waals surface area contributed by atoms with Gasteiger partial charge in [-0.15, -0.1) is 0 Å². The summed E-state index contributed by atoms with van der Waals surface area (Å²) < 4.78 is 16.2. The van der Waals surface area contributed by atoms with Crippen molar-refractivity contribution in [1.29, 1.82) is 0 Å². The number of guanidine groups is 1. The van der Waals surface area contributed by atoms with Crippen LogP contribution in [0.3, 0.4) is 0 Å². The van der Waals surface area contributed by atoms with Crippen LogP contribution in [-0.2, 0) is 6.42 Å². The SMILES string of the molecule is CN=C(NCCc1nc(-c2ccc(Cl)cc2)no1)NC(C)c1cc(OC)ccc1OC. The Morgan fingerprint density at radius 3 is 2.61 bits per heavy atom. The first-order valence-electron chi connectivity index (χ1n) is 9.81. The molecule has 0 spiro atoms. The van der Waals surface area contributed by atoms with Crippen molar-refractivity contribution in [3.63, 3.8) is 0 Å². The Morgan fingerprint density at radius 1 is 1.16 bits per heavy atom. The van der Waals surface area contributed by atoms with Crippen LogP contribution in [0.1, 0.15) is 24.4 Å². The molecular weight excluding hydrogens is 418 g/mol. The number of hydrogen-bond acceptors (Lipinski definition) is 6. The van der Waals surface area contributed by atoms with Crippen molar-refractivity contribution in [2.24, 2.45) is 4.99 Å². The highest BCUT2D eigenvalue weighted by Crippen LogP contribution is 2.29. The van der Waals surface area contributed by atoms with Crippen molar-refractivity contribution in [2.45, 2.75) is 19.4 Å². The molecule has 2 aromatic carbocycles. The minimum Gasteiger partial charge on any atom is -0.497 e. The van der Waals surface area contributed by atoms with Crippen molar-refractivity contribution in [3.05, 3.63) is 58.9 Å². The summed E-state index contributed by atoms with van der Waals surface area (Å²) in [6.45, 7) is 2.60. The maximum atomic E-state index is 5.92. The largest absolute Gasteiger partial charge is 0.497 e. The van der Waals surface area contributed by atoms with Gasteiger partial charge < -0.3 is 24.6 Å². The van der Waals surface area contributed by atoms with Crippen LogP contribution in [0.25, 0.3) is 11.4 Å². The summed E-state index contributed by atoms with van der Waals surface area (Å²) in [5.41, 5.74) is 1.82. The first-order valence-corrected chi connectivity index (χ1v) is 10.2. The molecule has 1 atom stereocenters. The molecule has 3 aromatic rings. The van der Waals surface area contributed by atoms with Gasteiger partial charge in [0.15, 0.2) is 5.96 Å². The van der Waals surface area contributed by atoms with E-state index in [2.05, 4.69) is 25.8 Å². The molecule has 8 nitrogen and oxygen atoms in total. The fraction of sp³-hybridized carbons (Fsp3) is 0.318. The monoisotopic (exact) mass is 443 g/mol. The van der Waals surface area contributed by atoms with Gasteiger partial charge in [0.25, 0.3) is 0 Å². The lowest BCUT2D eigenvalue weighted by Crippen LogP contribution is -2.39. The number of benzene rings is 2. The number of aromatic nitrogens is 2. The summed E-state index contributed by atoms with van der Waals surface area (Å²) in [7, 11) is 5.00. The third kappa shape index (κ3) is 5.88. The zero-order valence-corrected chi connectivity index (χ0v) is 18.7. The second kappa shape index (κ2) is 10.7. The van der Waals surface area contributed by atoms with Gasteiger partial charge in [-0.1, -0.05) is 16.8 Å². The first-order chi connectivity index (χ1) is 15.0. The quantitative estimate of drug-likeness (QED) is 0.403. The van der Waals surface area contributed by atoms with E-state index in [0.29, 0.717) is 35.7 Å². The number of hydrogen-bond donors (Lipinski definition) is 2. The van der Waals surface area contributed by atoms with E-state index in [4.69, 9.17) is 25.6 Å². The van der Waals surface area contributed by atoms with Gasteiger partial charge in [-0.25, -0.2) is 0 Å². The van der Waals surface area contributed by atoms with Crippen LogP contribution in [0.15, 0.2) is 52.0 Å². The Bertz CT molecular complexity index is 1020. The van der Waals surface area contributed by atoms with E-state index in [1.807, 2.05) is 37.3 Å². The Hall–Kier alpha value is -3.26. The molecule has 0 amide bonds. The lowest BCUT2D eigenvalue weighted by molar-refractivity contribution is 0.378. The van der Waals surface area contributed by atoms with E-state index in [0.717, 1.165) is 22.6 Å². The van der Waals surface area contributed by atoms with Gasteiger partial charge in [-0.05, 0) is 49.4 Å². The molecule has 0 fully saturated rings. The zero-order valence-electron chi connectivity index (χ0n) is 18.0. The predicted octanol–water partition coefficient (Wildman–Crippen LogP) is 3.88. The molecule has 0 radical (unpaired) electrons. The predicted molar refractivity (Wildman–Crippen MR) is 121 cm³/mol. The van der Waals surface area contributed by atoms with E-state index in [-0.39, 0.29) is 6.04 Å². The molecule has 0 bridgehead atoms. The van der Waals surface area contributed by atoms with Crippen molar-refractivity contribution in [1.82, 2.24) is 20.8 Å². The van der Waals surface area contributed by atoms with Gasteiger partial charge in [0, 0.05) is 36.2 Å². The van der Waals surface area contributed by atoms with Crippen LogP contribution in [0.5, 0.6) is 11.5 Å². The number of nitrogens with one attached hydrogen (secondary N) is 2. The molecule has 2 N–H and O–H groups in total. The van der Waals surface area contributed by atoms with Crippen LogP contribution in [0, 0.1) is 0 Å². The molecule has 31 heavy (non-hydrogen) atoms. The Balaban J connectivity index is 1.56. The molecule has 0 aliphatic heterocycles. The Morgan fingerprint density at radius 2 is 1.94 bits per heavy atom. The second-order valence-electron chi connectivity index (χ2n) is 6.74. The fourth-order valence-corrected chi connectivity index (χ4v) is 3.14. The number of nitrogens with zero attached hydrogens (tertiary/aromatic N) is 3. The minimum atomic E-state index is -0.0591. The van der Waals surface area contributed by atoms with E-state index < -0.39 is 0 Å². The van der Waals surface area contributed by atoms with Gasteiger partial charge in [0.05, 0.1) is 20.3 Å². The maximum absolute atomic E-state index is 5.92. The summed E-state index contributed by atoms with van der Waals surface area (Å²) in [4.78, 5) is 8.72. The van der Waals surface area contributed by atoms with E-state index in [1.54, 1.807) is 33.4 Å². The smallest absolute Gasteiger partial charge is 0.228 e. The molecular formula is C22H26ClN5O3. The van der Waals surface area contributed by atoms with Crippen molar-refractivity contribution >= 4 is 17.6 Å². The van der Waals surface area contributed by atoms with Crippen LogP contribution in [0.4, 0.5) is 0 Å². The molecule has 1 aromatic heterocycles. The van der Waals surface area contributed by atoms with Gasteiger partial charge in [0.1, 0.15) is 11.5 Å². The van der Waals surface area contributed by atoms with Gasteiger partial charge in [-0.2, -0.15) is 4.98 Å². The third-order valence-corrected chi connectivity index (χ3v) is 4.93. The van der Waals surface area contributed by atoms with Crippen molar-refractivity contribution < 1.29 is 14.0 Å². The summed E-state index contributed by atoms with van der Waals surface area (Å²) in [6.07, 6.45) is 0.554. The molecule has 0 saturated heterocycles. The van der Waals surface area contributed by atoms with Gasteiger partial charge >= 0.3 is 0 Å². The normalized spacial score (nSPS) is 12.4. The number of aliphatic imine (C=N–C) groups is 1. The van der Waals surface area contributed by atoms with E-state index >= 15 is 0 Å². The van der Waals surface area contributed by atoms with Crippen LogP contribution in [0.2, 0.25) is 5.02 Å². The molecule has 0 aliphatic rings. The molecule has 0 saturated carbocycles. The van der Waals surface area contributed by atoms with Gasteiger partial charge in [-0.3, -0.25) is 4.99 Å². The summed E-state index contributed by atoms with van der Waals surface area (Å²) >= 11 is 5.92. The lowest BCUT2D eigenvalue weighted by Gasteiger charge is -2.20. The topological polar surface area (TPSA) is 93.8 Å². The molecule has 1 heterocycles. The molecule has 3 rings (SSSR count). The second-order valence-corrected chi connectivity index (χ2v) is 7.18. The van der Waals surface area contributed by atoms with Crippen LogP contribution < -0.4 is 20.1 Å². The highest BCUT2D eigenvalue weighted by molar-refractivity contribution is 6.30. The third-order valence-electron chi connectivity index (χ3n) is 4.68. The Kier molecular flexibility index (Phi) is 7.72. The number of rotatable bonds is 8. The van der Waals surface area contributed by atoms with Crippen LogP contribution >= 0.6 is 11.6 Å². The fourth-order valence-electron chi connectivity index (χ4n) is 3.02. The number of ether oxygens (including phenoxy) is 2.